The molecule has 0 saturated heterocycles. The van der Waals surface area contributed by atoms with Gasteiger partial charge in [0.2, 0.25) is 0 Å². The highest BCUT2D eigenvalue weighted by molar-refractivity contribution is 7.99. The smallest absolute Gasteiger partial charge is 0.168 e. The van der Waals surface area contributed by atoms with Crippen LogP contribution in [0.1, 0.15) is 5.56 Å². The number of H-pyrrole nitrogens is 1. The van der Waals surface area contributed by atoms with Gasteiger partial charge in [0.15, 0.2) is 10.9 Å². The molecule has 0 aliphatic carbocycles. The molecule has 0 radical (unpaired) electrons. The molecule has 0 aliphatic rings. The molecule has 1 aromatic heterocycles. The summed E-state index contributed by atoms with van der Waals surface area (Å²) in [5.41, 5.74) is 3.12. The lowest BCUT2D eigenvalue weighted by Crippen LogP contribution is -2.08. The van der Waals surface area contributed by atoms with E-state index in [2.05, 4.69) is 9.97 Å². The van der Waals surface area contributed by atoms with Crippen LogP contribution < -0.4 is 0 Å². The molecule has 0 bridgehead atoms. The first-order valence-corrected chi connectivity index (χ1v) is 6.27. The maximum atomic E-state index is 11.3. The monoisotopic (exact) mass is 250 g/mol. The Balaban J connectivity index is 2.07. The number of imidazole rings is 1. The lowest BCUT2D eigenvalue weighted by molar-refractivity contribution is -0.120. The number of ketones is 1. The van der Waals surface area contributed by atoms with Gasteiger partial charge in [-0.05, 0) is 24.6 Å². The van der Waals surface area contributed by atoms with Gasteiger partial charge in [-0.15, -0.1) is 0 Å². The average Bonchev–Trinajstić information content (AvgIpc) is 2.68. The average molecular weight is 250 g/mol. The number of nitrogens with one attached hydrogen (secondary N) is 1. The maximum Gasteiger partial charge on any atom is 0.168 e. The molecule has 2 aromatic rings. The van der Waals surface area contributed by atoms with Gasteiger partial charge in [-0.2, -0.15) is 0 Å². The van der Waals surface area contributed by atoms with Crippen LogP contribution in [-0.4, -0.2) is 35.2 Å². The number of methoxy groups -OCH3 is 1. The zero-order valence-electron chi connectivity index (χ0n) is 9.82. The highest BCUT2D eigenvalue weighted by atomic mass is 32.2. The number of Topliss-reactive ketones (excluding diaryl/α,β-unsaturated/α-hetero) is 1. The van der Waals surface area contributed by atoms with Crippen LogP contribution in [-0.2, 0) is 9.53 Å². The Hall–Kier alpha value is -1.33. The van der Waals surface area contributed by atoms with Crippen molar-refractivity contribution >= 4 is 28.6 Å². The van der Waals surface area contributed by atoms with Crippen molar-refractivity contribution in [2.75, 3.05) is 19.5 Å². The van der Waals surface area contributed by atoms with E-state index in [1.54, 1.807) is 0 Å². The molecule has 0 unspecified atom stereocenters. The van der Waals surface area contributed by atoms with Crippen molar-refractivity contribution in [1.82, 2.24) is 9.97 Å². The Labute approximate surface area is 104 Å². The summed E-state index contributed by atoms with van der Waals surface area (Å²) in [6.07, 6.45) is 0. The van der Waals surface area contributed by atoms with E-state index in [0.717, 1.165) is 16.2 Å². The van der Waals surface area contributed by atoms with Crippen molar-refractivity contribution in [2.24, 2.45) is 0 Å². The molecule has 17 heavy (non-hydrogen) atoms. The number of fused-ring (bicyclic) bond motifs is 1. The minimum Gasteiger partial charge on any atom is -0.377 e. The number of aromatic nitrogens is 2. The van der Waals surface area contributed by atoms with Crippen molar-refractivity contribution < 1.29 is 9.53 Å². The Bertz CT molecular complexity index is 536. The van der Waals surface area contributed by atoms with Gasteiger partial charge in [-0.1, -0.05) is 17.8 Å². The zero-order valence-corrected chi connectivity index (χ0v) is 10.6. The SMILES string of the molecule is COCC(=O)CSc1nc2ccc(C)cc2[nH]1. The first kappa shape index (κ1) is 12.1. The van der Waals surface area contributed by atoms with Crippen LogP contribution in [0.15, 0.2) is 23.4 Å². The number of carbonyl (C=O) groups is 1. The van der Waals surface area contributed by atoms with Gasteiger partial charge in [0.05, 0.1) is 16.8 Å². The summed E-state index contributed by atoms with van der Waals surface area (Å²) in [4.78, 5) is 18.9. The van der Waals surface area contributed by atoms with E-state index in [-0.39, 0.29) is 12.4 Å². The maximum absolute atomic E-state index is 11.3. The molecule has 0 saturated carbocycles. The number of hydrogen-bond acceptors (Lipinski definition) is 4. The minimum absolute atomic E-state index is 0.0640. The number of rotatable bonds is 5. The summed E-state index contributed by atoms with van der Waals surface area (Å²) in [6.45, 7) is 2.20. The normalized spacial score (nSPS) is 10.9. The second-order valence-corrected chi connectivity index (χ2v) is 4.79. The van der Waals surface area contributed by atoms with Gasteiger partial charge >= 0.3 is 0 Å². The van der Waals surface area contributed by atoms with Gasteiger partial charge in [0, 0.05) is 7.11 Å². The topological polar surface area (TPSA) is 55.0 Å². The van der Waals surface area contributed by atoms with Crippen LogP contribution in [0.3, 0.4) is 0 Å². The summed E-state index contributed by atoms with van der Waals surface area (Å²) in [7, 11) is 1.52. The predicted octanol–water partition coefficient (Wildman–Crippen LogP) is 2.18. The van der Waals surface area contributed by atoms with E-state index in [1.807, 2.05) is 25.1 Å². The summed E-state index contributed by atoms with van der Waals surface area (Å²) in [5.74, 6) is 0.446. The molecule has 1 heterocycles. The first-order chi connectivity index (χ1) is 8.19. The number of carbonyl (C=O) groups excluding carboxylic acids is 1. The number of benzene rings is 1. The van der Waals surface area contributed by atoms with Crippen LogP contribution in [0.2, 0.25) is 0 Å². The Morgan fingerprint density at radius 3 is 3.12 bits per heavy atom. The highest BCUT2D eigenvalue weighted by Crippen LogP contribution is 2.20. The van der Waals surface area contributed by atoms with Gasteiger partial charge in [0.25, 0.3) is 0 Å². The van der Waals surface area contributed by atoms with Gasteiger partial charge in [-0.3, -0.25) is 4.79 Å². The van der Waals surface area contributed by atoms with E-state index in [0.29, 0.717) is 5.75 Å². The van der Waals surface area contributed by atoms with Crippen molar-refractivity contribution in [3.05, 3.63) is 23.8 Å². The molecule has 0 amide bonds. The van der Waals surface area contributed by atoms with E-state index in [4.69, 9.17) is 4.74 Å². The standard InChI is InChI=1S/C12H14N2O2S/c1-8-3-4-10-11(5-8)14-12(13-10)17-7-9(15)6-16-2/h3-5H,6-7H2,1-2H3,(H,13,14). The van der Waals surface area contributed by atoms with Crippen LogP contribution in [0.25, 0.3) is 11.0 Å². The third-order valence-electron chi connectivity index (χ3n) is 2.29. The van der Waals surface area contributed by atoms with Crippen molar-refractivity contribution in [1.29, 1.82) is 0 Å². The van der Waals surface area contributed by atoms with Gasteiger partial charge < -0.3 is 9.72 Å². The molecule has 5 heteroatoms. The lowest BCUT2D eigenvalue weighted by Gasteiger charge is -1.96. The Morgan fingerprint density at radius 1 is 1.53 bits per heavy atom. The van der Waals surface area contributed by atoms with Crippen LogP contribution in [0.4, 0.5) is 0 Å². The van der Waals surface area contributed by atoms with E-state index in [9.17, 15) is 4.79 Å². The summed E-state index contributed by atoms with van der Waals surface area (Å²) >= 11 is 1.40. The van der Waals surface area contributed by atoms with Gasteiger partial charge in [-0.25, -0.2) is 4.98 Å². The molecule has 1 N–H and O–H groups in total. The zero-order chi connectivity index (χ0) is 12.3. The second-order valence-electron chi connectivity index (χ2n) is 3.82. The lowest BCUT2D eigenvalue weighted by atomic mass is 10.2. The number of ether oxygens (including phenoxy) is 1. The quantitative estimate of drug-likeness (QED) is 0.826. The fourth-order valence-electron chi connectivity index (χ4n) is 1.52. The minimum atomic E-state index is 0.0640. The molecule has 0 atom stereocenters. The summed E-state index contributed by atoms with van der Waals surface area (Å²) in [5, 5.41) is 0.773. The Morgan fingerprint density at radius 2 is 2.35 bits per heavy atom. The van der Waals surface area contributed by atoms with Gasteiger partial charge in [0.1, 0.15) is 6.61 Å². The fourth-order valence-corrected chi connectivity index (χ4v) is 2.25. The molecular weight excluding hydrogens is 236 g/mol. The third kappa shape index (κ3) is 3.08. The molecular formula is C12H14N2O2S. The van der Waals surface area contributed by atoms with Crippen LogP contribution in [0.5, 0.6) is 0 Å². The predicted molar refractivity (Wildman–Crippen MR) is 68.4 cm³/mol. The van der Waals surface area contributed by atoms with E-state index >= 15 is 0 Å². The van der Waals surface area contributed by atoms with Crippen LogP contribution in [0, 0.1) is 6.92 Å². The molecule has 90 valence electrons. The Kier molecular flexibility index (Phi) is 3.81. The number of aromatic amines is 1. The van der Waals surface area contributed by atoms with E-state index < -0.39 is 0 Å². The summed E-state index contributed by atoms with van der Waals surface area (Å²) in [6, 6.07) is 6.04. The fraction of sp³-hybridized carbons (Fsp3) is 0.333. The number of hydrogen-bond donors (Lipinski definition) is 1. The molecule has 4 nitrogen and oxygen atoms in total. The largest absolute Gasteiger partial charge is 0.377 e. The molecule has 0 spiro atoms. The molecule has 1 aromatic carbocycles. The second kappa shape index (κ2) is 5.33. The number of nitrogens with zero attached hydrogens (tertiary/aromatic N) is 1. The number of aryl methyl sites for hydroxylation is 1. The molecule has 0 fully saturated rings. The summed E-state index contributed by atoms with van der Waals surface area (Å²) < 4.78 is 4.77. The van der Waals surface area contributed by atoms with Crippen LogP contribution >= 0.6 is 11.8 Å². The highest BCUT2D eigenvalue weighted by Gasteiger charge is 2.06. The van der Waals surface area contributed by atoms with Crippen molar-refractivity contribution in [3.8, 4) is 0 Å². The molecule has 0 aliphatic heterocycles. The number of thioether (sulfide) groups is 1. The molecule has 2 rings (SSSR count). The van der Waals surface area contributed by atoms with E-state index in [1.165, 1.54) is 24.4 Å². The van der Waals surface area contributed by atoms with Crippen molar-refractivity contribution in [2.45, 2.75) is 12.1 Å². The van der Waals surface area contributed by atoms with Crippen molar-refractivity contribution in [3.63, 3.8) is 0 Å². The third-order valence-corrected chi connectivity index (χ3v) is 3.22. The first-order valence-electron chi connectivity index (χ1n) is 5.29.